The molecule has 1 aliphatic rings. The van der Waals surface area contributed by atoms with Gasteiger partial charge in [-0.25, -0.2) is 4.21 Å². The van der Waals surface area contributed by atoms with Crippen LogP contribution in [0.3, 0.4) is 0 Å². The van der Waals surface area contributed by atoms with Crippen LogP contribution in [0.25, 0.3) is 10.9 Å². The van der Waals surface area contributed by atoms with E-state index in [4.69, 9.17) is 0 Å². The summed E-state index contributed by atoms with van der Waals surface area (Å²) in [6.07, 6.45) is 0.954. The number of aromatic amines is 1. The van der Waals surface area contributed by atoms with E-state index in [0.29, 0.717) is 6.54 Å². The number of nitrogens with one attached hydrogen (secondary N) is 1. The van der Waals surface area contributed by atoms with E-state index in [1.165, 1.54) is 23.1 Å². The summed E-state index contributed by atoms with van der Waals surface area (Å²) in [5, 5.41) is 3.65. The first kappa shape index (κ1) is 22.1. The van der Waals surface area contributed by atoms with Gasteiger partial charge in [0.05, 0.1) is 23.4 Å². The van der Waals surface area contributed by atoms with Crippen molar-refractivity contribution >= 4 is 61.6 Å². The highest BCUT2D eigenvalue weighted by Crippen LogP contribution is 2.33. The minimum atomic E-state index is -1.27. The average molecular weight is 475 g/mol. The number of H-pyrrole nitrogens is 1. The molecule has 0 saturated carbocycles. The SMILES string of the molecule is CCCN(CC)C(=O)C1CN=C(c2cc3cccc(N(C)S(=O)c4cccs4)c3[nH]2)S1. The summed E-state index contributed by atoms with van der Waals surface area (Å²) in [6.45, 7) is 6.12. The molecule has 6 nitrogen and oxygen atoms in total. The quantitative estimate of drug-likeness (QED) is 0.522. The van der Waals surface area contributed by atoms with Gasteiger partial charge in [0.2, 0.25) is 5.91 Å². The highest BCUT2D eigenvalue weighted by atomic mass is 32.2. The van der Waals surface area contributed by atoms with Crippen molar-refractivity contribution in [1.82, 2.24) is 9.88 Å². The van der Waals surface area contributed by atoms with Gasteiger partial charge in [-0.15, -0.1) is 11.3 Å². The Morgan fingerprint density at radius 1 is 1.29 bits per heavy atom. The van der Waals surface area contributed by atoms with Crippen LogP contribution in [0.1, 0.15) is 26.0 Å². The van der Waals surface area contributed by atoms with Gasteiger partial charge < -0.3 is 9.88 Å². The molecule has 1 aliphatic heterocycles. The van der Waals surface area contributed by atoms with Crippen LogP contribution < -0.4 is 4.31 Å². The number of thioether (sulfide) groups is 1. The maximum absolute atomic E-state index is 12.9. The lowest BCUT2D eigenvalue weighted by Gasteiger charge is -2.22. The molecule has 0 saturated heterocycles. The van der Waals surface area contributed by atoms with Crippen molar-refractivity contribution in [2.45, 2.75) is 29.7 Å². The van der Waals surface area contributed by atoms with Crippen LogP contribution in [0.4, 0.5) is 5.69 Å². The van der Waals surface area contributed by atoms with E-state index in [1.54, 1.807) is 4.31 Å². The van der Waals surface area contributed by atoms with E-state index in [2.05, 4.69) is 23.0 Å². The van der Waals surface area contributed by atoms with Gasteiger partial charge in [-0.3, -0.25) is 14.1 Å². The van der Waals surface area contributed by atoms with Crippen LogP contribution >= 0.6 is 23.1 Å². The van der Waals surface area contributed by atoms with E-state index in [-0.39, 0.29) is 11.2 Å². The Hall–Kier alpha value is -2.10. The van der Waals surface area contributed by atoms with E-state index in [9.17, 15) is 9.00 Å². The fraction of sp³-hybridized carbons (Fsp3) is 0.364. The third-order valence-electron chi connectivity index (χ3n) is 5.24. The number of carbonyl (C=O) groups is 1. The molecule has 0 bridgehead atoms. The maximum atomic E-state index is 12.9. The Morgan fingerprint density at radius 2 is 2.13 bits per heavy atom. The van der Waals surface area contributed by atoms with Crippen LogP contribution in [0.15, 0.2) is 51.0 Å². The first-order valence-electron chi connectivity index (χ1n) is 10.3. The monoisotopic (exact) mass is 474 g/mol. The smallest absolute Gasteiger partial charge is 0.238 e. The Bertz CT molecular complexity index is 1120. The molecule has 0 spiro atoms. The molecule has 2 aromatic heterocycles. The van der Waals surface area contributed by atoms with Crippen molar-refractivity contribution in [3.8, 4) is 0 Å². The lowest BCUT2D eigenvalue weighted by Crippen LogP contribution is -2.38. The van der Waals surface area contributed by atoms with Crippen molar-refractivity contribution in [2.75, 3.05) is 31.0 Å². The Balaban J connectivity index is 1.56. The van der Waals surface area contributed by atoms with E-state index in [1.807, 2.05) is 54.6 Å². The van der Waals surface area contributed by atoms with Crippen LogP contribution in [0.2, 0.25) is 0 Å². The number of amides is 1. The first-order valence-corrected chi connectivity index (χ1v) is 13.2. The summed E-state index contributed by atoms with van der Waals surface area (Å²) >= 11 is 3.02. The number of aromatic nitrogens is 1. The van der Waals surface area contributed by atoms with Gasteiger partial charge in [0, 0.05) is 25.5 Å². The molecule has 3 heterocycles. The number of thiophene rings is 1. The number of hydrogen-bond acceptors (Lipinski definition) is 5. The first-order chi connectivity index (χ1) is 15.0. The van der Waals surface area contributed by atoms with Crippen LogP contribution in [-0.4, -0.2) is 57.0 Å². The Morgan fingerprint density at radius 3 is 2.84 bits per heavy atom. The van der Waals surface area contributed by atoms with E-state index >= 15 is 0 Å². The summed E-state index contributed by atoms with van der Waals surface area (Å²) in [7, 11) is 0.571. The van der Waals surface area contributed by atoms with Gasteiger partial charge in [0.25, 0.3) is 0 Å². The predicted molar refractivity (Wildman–Crippen MR) is 133 cm³/mol. The fourth-order valence-corrected chi connectivity index (χ4v) is 6.78. The second-order valence-electron chi connectivity index (χ2n) is 7.27. The predicted octanol–water partition coefficient (Wildman–Crippen LogP) is 4.51. The van der Waals surface area contributed by atoms with Gasteiger partial charge >= 0.3 is 0 Å². The zero-order valence-corrected chi connectivity index (χ0v) is 20.3. The highest BCUT2D eigenvalue weighted by Gasteiger charge is 2.30. The molecule has 2 atom stereocenters. The Labute approximate surface area is 193 Å². The molecule has 31 heavy (non-hydrogen) atoms. The second kappa shape index (κ2) is 9.58. The molecule has 164 valence electrons. The van der Waals surface area contributed by atoms with Gasteiger partial charge in [0.15, 0.2) is 11.0 Å². The standard InChI is InChI=1S/C22H26N4O2S3/c1-4-11-26(5-2)22(27)18-14-23-21(30-18)16-13-15-8-6-9-17(20(15)24-16)25(3)31(28)19-10-7-12-29-19/h6-10,12-13,18,24H,4-5,11,14H2,1-3H3. The Kier molecular flexibility index (Phi) is 6.83. The number of benzene rings is 1. The molecule has 1 amide bonds. The zero-order chi connectivity index (χ0) is 22.0. The van der Waals surface area contributed by atoms with Crippen LogP contribution in [-0.2, 0) is 15.8 Å². The average Bonchev–Trinajstić information content (AvgIpc) is 3.55. The van der Waals surface area contributed by atoms with Gasteiger partial charge in [0.1, 0.15) is 14.5 Å². The molecule has 1 aromatic carbocycles. The molecule has 0 fully saturated rings. The van der Waals surface area contributed by atoms with Crippen molar-refractivity contribution < 1.29 is 9.00 Å². The minimum Gasteiger partial charge on any atom is -0.351 e. The van der Waals surface area contributed by atoms with Crippen LogP contribution in [0.5, 0.6) is 0 Å². The third kappa shape index (κ3) is 4.44. The molecule has 9 heteroatoms. The van der Waals surface area contributed by atoms with Crippen molar-refractivity contribution in [3.63, 3.8) is 0 Å². The number of anilines is 1. The van der Waals surface area contributed by atoms with Gasteiger partial charge in [-0.05, 0) is 36.9 Å². The van der Waals surface area contributed by atoms with Gasteiger partial charge in [-0.2, -0.15) is 0 Å². The molecule has 3 aromatic rings. The van der Waals surface area contributed by atoms with E-state index in [0.717, 1.165) is 51.0 Å². The molecule has 2 unspecified atom stereocenters. The molecule has 0 radical (unpaired) electrons. The molecular formula is C22H26N4O2S3. The summed E-state index contributed by atoms with van der Waals surface area (Å²) in [5.41, 5.74) is 2.69. The molecule has 1 N–H and O–H groups in total. The number of rotatable bonds is 8. The second-order valence-corrected chi connectivity index (χ2v) is 11.2. The van der Waals surface area contributed by atoms with Crippen molar-refractivity contribution in [3.05, 3.63) is 47.5 Å². The summed E-state index contributed by atoms with van der Waals surface area (Å²) in [4.78, 5) is 22.9. The molecular weight excluding hydrogens is 448 g/mol. The fourth-order valence-electron chi connectivity index (χ4n) is 3.65. The number of fused-ring (bicyclic) bond motifs is 1. The maximum Gasteiger partial charge on any atom is 0.238 e. The highest BCUT2D eigenvalue weighted by molar-refractivity contribution is 8.15. The number of aliphatic imine (C=N–C) groups is 1. The largest absolute Gasteiger partial charge is 0.351 e. The summed E-state index contributed by atoms with van der Waals surface area (Å²) in [5.74, 6) is 0.163. The zero-order valence-electron chi connectivity index (χ0n) is 17.8. The number of hydrogen-bond donors (Lipinski definition) is 1. The lowest BCUT2D eigenvalue weighted by molar-refractivity contribution is -0.130. The van der Waals surface area contributed by atoms with Crippen molar-refractivity contribution in [2.24, 2.45) is 4.99 Å². The van der Waals surface area contributed by atoms with Gasteiger partial charge in [-0.1, -0.05) is 36.9 Å². The molecule has 4 rings (SSSR count). The normalized spacial score (nSPS) is 17.0. The van der Waals surface area contributed by atoms with Crippen molar-refractivity contribution in [1.29, 1.82) is 0 Å². The number of carbonyl (C=O) groups excluding carboxylic acids is 1. The van der Waals surface area contributed by atoms with Crippen LogP contribution in [0, 0.1) is 0 Å². The number of para-hydroxylation sites is 1. The third-order valence-corrected chi connectivity index (χ3v) is 9.00. The summed E-state index contributed by atoms with van der Waals surface area (Å²) in [6, 6.07) is 11.8. The minimum absolute atomic E-state index is 0.163. The lowest BCUT2D eigenvalue weighted by atomic mass is 10.2. The number of nitrogens with zero attached hydrogens (tertiary/aromatic N) is 3. The molecule has 0 aliphatic carbocycles. The topological polar surface area (TPSA) is 68.8 Å². The van der Waals surface area contributed by atoms with E-state index < -0.39 is 11.0 Å². The summed E-state index contributed by atoms with van der Waals surface area (Å²) < 4.78 is 15.5.